The summed E-state index contributed by atoms with van der Waals surface area (Å²) in [6.07, 6.45) is 4.78. The van der Waals surface area contributed by atoms with Gasteiger partial charge in [0, 0.05) is 37.6 Å². The van der Waals surface area contributed by atoms with Crippen LogP contribution in [0.4, 0.5) is 11.6 Å². The lowest BCUT2D eigenvalue weighted by Crippen LogP contribution is -2.46. The Kier molecular flexibility index (Phi) is 3.75. The van der Waals surface area contributed by atoms with Gasteiger partial charge in [0.2, 0.25) is 11.9 Å². The summed E-state index contributed by atoms with van der Waals surface area (Å²) in [5.74, 6) is 1.44. The highest BCUT2D eigenvalue weighted by molar-refractivity contribution is 5.94. The molecule has 1 N–H and O–H groups in total. The average molecular weight is 376 g/mol. The molecule has 1 aliphatic rings. The Bertz CT molecular complexity index is 1190. The van der Waals surface area contributed by atoms with Crippen LogP contribution in [-0.4, -0.2) is 47.9 Å². The van der Waals surface area contributed by atoms with E-state index in [1.54, 1.807) is 20.3 Å². The average Bonchev–Trinajstić information content (AvgIpc) is 3.29. The Balaban J connectivity index is 1.50. The van der Waals surface area contributed by atoms with Crippen LogP contribution in [0, 0.1) is 6.92 Å². The third-order valence-corrected chi connectivity index (χ3v) is 5.03. The first-order valence-corrected chi connectivity index (χ1v) is 9.26. The highest BCUT2D eigenvalue weighted by atomic mass is 16.2. The van der Waals surface area contributed by atoms with Crippen LogP contribution in [0.3, 0.4) is 0 Å². The number of hydrogen-bond acceptors (Lipinski definition) is 6. The van der Waals surface area contributed by atoms with Crippen LogP contribution >= 0.6 is 0 Å². The molecule has 1 atom stereocenters. The molecule has 9 heteroatoms. The summed E-state index contributed by atoms with van der Waals surface area (Å²) in [7, 11) is 1.84. The first kappa shape index (κ1) is 16.7. The van der Waals surface area contributed by atoms with Crippen molar-refractivity contribution in [3.05, 3.63) is 42.5 Å². The number of carbonyl (C=O) groups is 1. The molecular weight excluding hydrogens is 356 g/mol. The number of aromatic nitrogens is 6. The maximum atomic E-state index is 12.4. The predicted octanol–water partition coefficient (Wildman–Crippen LogP) is 1.93. The summed E-state index contributed by atoms with van der Waals surface area (Å²) < 4.78 is 3.45. The Hall–Kier alpha value is -3.49. The number of amides is 1. The van der Waals surface area contributed by atoms with Gasteiger partial charge in [-0.1, -0.05) is 12.1 Å². The van der Waals surface area contributed by atoms with Crippen molar-refractivity contribution in [3.8, 4) is 0 Å². The van der Waals surface area contributed by atoms with E-state index < -0.39 is 0 Å². The minimum absolute atomic E-state index is 0.0549. The van der Waals surface area contributed by atoms with Gasteiger partial charge in [-0.25, -0.2) is 9.97 Å². The van der Waals surface area contributed by atoms with Gasteiger partial charge in [-0.05, 0) is 25.5 Å². The fourth-order valence-corrected chi connectivity index (χ4v) is 3.70. The highest BCUT2D eigenvalue weighted by Gasteiger charge is 2.28. The van der Waals surface area contributed by atoms with Crippen LogP contribution < -0.4 is 10.2 Å². The number of aryl methyl sites for hydroxylation is 2. The number of nitrogens with one attached hydrogen (secondary N) is 1. The zero-order chi connectivity index (χ0) is 19.3. The van der Waals surface area contributed by atoms with Crippen molar-refractivity contribution in [3.63, 3.8) is 0 Å². The third kappa shape index (κ3) is 2.75. The molecular formula is C19H20N8O. The van der Waals surface area contributed by atoms with Crippen LogP contribution in [0.5, 0.6) is 0 Å². The molecule has 4 aromatic rings. The zero-order valence-electron chi connectivity index (χ0n) is 15.7. The number of rotatable bonds is 3. The van der Waals surface area contributed by atoms with Crippen molar-refractivity contribution in [2.75, 3.05) is 16.8 Å². The van der Waals surface area contributed by atoms with Crippen molar-refractivity contribution in [2.24, 2.45) is 7.05 Å². The summed E-state index contributed by atoms with van der Waals surface area (Å²) in [6.45, 7) is 2.42. The minimum Gasteiger partial charge on any atom is -0.350 e. The van der Waals surface area contributed by atoms with Gasteiger partial charge in [-0.2, -0.15) is 9.61 Å². The predicted molar refractivity (Wildman–Crippen MR) is 105 cm³/mol. The smallest absolute Gasteiger partial charge is 0.227 e. The van der Waals surface area contributed by atoms with Crippen LogP contribution in [0.15, 0.2) is 36.7 Å². The summed E-state index contributed by atoms with van der Waals surface area (Å²) >= 11 is 0. The van der Waals surface area contributed by atoms with E-state index in [1.165, 1.54) is 0 Å². The van der Waals surface area contributed by atoms with E-state index in [4.69, 9.17) is 4.98 Å². The number of piperidine rings is 1. The minimum atomic E-state index is 0.0549. The first-order chi connectivity index (χ1) is 13.6. The second-order valence-corrected chi connectivity index (χ2v) is 7.10. The van der Waals surface area contributed by atoms with Gasteiger partial charge in [-0.3, -0.25) is 9.48 Å². The maximum Gasteiger partial charge on any atom is 0.227 e. The summed E-state index contributed by atoms with van der Waals surface area (Å²) in [5, 5.41) is 13.1. The van der Waals surface area contributed by atoms with Gasteiger partial charge in [0.25, 0.3) is 0 Å². The molecule has 142 valence electrons. The standard InChI is InChI=1S/C19H20N8O/c1-12-21-18-15-5-3-4-6-16(15)23-19(27(18)24-12)22-13-7-8-17(28)26(10-13)14-9-20-25(2)11-14/h3-6,9,11,13H,7-8,10H2,1-2H3,(H,22,23). The number of carbonyl (C=O) groups excluding carboxylic acids is 1. The van der Waals surface area contributed by atoms with E-state index in [0.717, 1.165) is 28.7 Å². The molecule has 0 spiro atoms. The Morgan fingerprint density at radius 1 is 1.21 bits per heavy atom. The fraction of sp³-hybridized carbons (Fsp3) is 0.316. The normalized spacial score (nSPS) is 17.6. The number of nitrogens with zero attached hydrogens (tertiary/aromatic N) is 7. The van der Waals surface area contributed by atoms with E-state index in [2.05, 4.69) is 20.5 Å². The number of anilines is 2. The largest absolute Gasteiger partial charge is 0.350 e. The molecule has 0 radical (unpaired) electrons. The molecule has 28 heavy (non-hydrogen) atoms. The molecule has 1 unspecified atom stereocenters. The van der Waals surface area contributed by atoms with E-state index in [0.29, 0.717) is 24.7 Å². The Morgan fingerprint density at radius 2 is 2.07 bits per heavy atom. The lowest BCUT2D eigenvalue weighted by molar-refractivity contribution is -0.119. The maximum absolute atomic E-state index is 12.4. The summed E-state index contributed by atoms with van der Waals surface area (Å²) in [5.41, 5.74) is 2.45. The van der Waals surface area contributed by atoms with E-state index in [-0.39, 0.29) is 11.9 Å². The van der Waals surface area contributed by atoms with Gasteiger partial charge in [0.1, 0.15) is 5.82 Å². The topological polar surface area (TPSA) is 93.2 Å². The van der Waals surface area contributed by atoms with Crippen LogP contribution in [0.1, 0.15) is 18.7 Å². The van der Waals surface area contributed by atoms with Gasteiger partial charge in [0.15, 0.2) is 5.65 Å². The van der Waals surface area contributed by atoms with Crippen molar-refractivity contribution < 1.29 is 4.79 Å². The van der Waals surface area contributed by atoms with Crippen LogP contribution in [-0.2, 0) is 11.8 Å². The second-order valence-electron chi connectivity index (χ2n) is 7.10. The van der Waals surface area contributed by atoms with Gasteiger partial charge < -0.3 is 10.2 Å². The fourth-order valence-electron chi connectivity index (χ4n) is 3.70. The number of hydrogen-bond donors (Lipinski definition) is 1. The van der Waals surface area contributed by atoms with Gasteiger partial charge in [-0.15, -0.1) is 5.10 Å². The van der Waals surface area contributed by atoms with Crippen molar-refractivity contribution in [1.82, 2.24) is 29.4 Å². The SMILES string of the molecule is Cc1nc2c3ccccc3nc(NC3CCC(=O)N(c4cnn(C)c4)C3)n2n1. The van der Waals surface area contributed by atoms with E-state index in [9.17, 15) is 4.79 Å². The Morgan fingerprint density at radius 3 is 2.89 bits per heavy atom. The highest BCUT2D eigenvalue weighted by Crippen LogP contribution is 2.24. The molecule has 9 nitrogen and oxygen atoms in total. The molecule has 1 aromatic carbocycles. The molecule has 1 saturated heterocycles. The van der Waals surface area contributed by atoms with Crippen LogP contribution in [0.2, 0.25) is 0 Å². The van der Waals surface area contributed by atoms with E-state index in [1.807, 2.05) is 44.4 Å². The van der Waals surface area contributed by atoms with Crippen molar-refractivity contribution >= 4 is 34.1 Å². The first-order valence-electron chi connectivity index (χ1n) is 9.26. The zero-order valence-corrected chi connectivity index (χ0v) is 15.7. The van der Waals surface area contributed by atoms with Crippen molar-refractivity contribution in [2.45, 2.75) is 25.8 Å². The molecule has 3 aromatic heterocycles. The lowest BCUT2D eigenvalue weighted by Gasteiger charge is -2.32. The number of fused-ring (bicyclic) bond motifs is 3. The van der Waals surface area contributed by atoms with Gasteiger partial charge >= 0.3 is 0 Å². The second kappa shape index (κ2) is 6.29. The molecule has 5 rings (SSSR count). The quantitative estimate of drug-likeness (QED) is 0.587. The monoisotopic (exact) mass is 376 g/mol. The lowest BCUT2D eigenvalue weighted by atomic mass is 10.0. The molecule has 1 amide bonds. The van der Waals surface area contributed by atoms with Crippen molar-refractivity contribution in [1.29, 1.82) is 0 Å². The van der Waals surface area contributed by atoms with Gasteiger partial charge in [0.05, 0.1) is 17.4 Å². The summed E-state index contributed by atoms with van der Waals surface area (Å²) in [4.78, 5) is 23.5. The molecule has 0 aliphatic carbocycles. The molecule has 1 aliphatic heterocycles. The van der Waals surface area contributed by atoms with Crippen LogP contribution in [0.25, 0.3) is 16.6 Å². The molecule has 0 bridgehead atoms. The number of benzene rings is 1. The summed E-state index contributed by atoms with van der Waals surface area (Å²) in [6, 6.07) is 7.96. The van der Waals surface area contributed by atoms with E-state index >= 15 is 0 Å². The third-order valence-electron chi connectivity index (χ3n) is 5.03. The molecule has 0 saturated carbocycles. The molecule has 1 fully saturated rings. The number of para-hydroxylation sites is 1. The Labute approximate surface area is 161 Å². The molecule has 4 heterocycles.